The van der Waals surface area contributed by atoms with Crippen molar-refractivity contribution in [3.05, 3.63) is 60.2 Å². The van der Waals surface area contributed by atoms with Crippen LogP contribution in [0.4, 0.5) is 5.69 Å². The van der Waals surface area contributed by atoms with Gasteiger partial charge in [0, 0.05) is 37.7 Å². The van der Waals surface area contributed by atoms with Crippen molar-refractivity contribution >= 4 is 21.5 Å². The smallest absolute Gasteiger partial charge is 0.305 e. The molecule has 2 heterocycles. The first-order valence-electron chi connectivity index (χ1n) is 19.2. The molecular weight excluding hydrogens is 631 g/mol. The molecule has 4 unspecified atom stereocenters. The van der Waals surface area contributed by atoms with Crippen LogP contribution in [0.2, 0.25) is 0 Å². The Morgan fingerprint density at radius 3 is 2.35 bits per heavy atom. The Hall–Kier alpha value is -2.89. The van der Waals surface area contributed by atoms with Crippen molar-refractivity contribution in [1.29, 1.82) is 5.26 Å². The summed E-state index contributed by atoms with van der Waals surface area (Å²) in [4.78, 5) is 17.2. The lowest BCUT2D eigenvalue weighted by Crippen LogP contribution is -2.54. The maximum atomic E-state index is 13.4. The molecule has 0 N–H and O–H groups in total. The highest BCUT2D eigenvalue weighted by Gasteiger charge is 2.52. The normalized spacial score (nSPS) is 29.0. The number of nitrogens with zero attached hydrogens (tertiary/aromatic N) is 3. The van der Waals surface area contributed by atoms with E-state index in [9.17, 15) is 18.5 Å². The van der Waals surface area contributed by atoms with Crippen molar-refractivity contribution in [2.75, 3.05) is 44.7 Å². The van der Waals surface area contributed by atoms with E-state index in [1.54, 1.807) is 0 Å². The van der Waals surface area contributed by atoms with Gasteiger partial charge in [-0.25, -0.2) is 8.42 Å². The second kappa shape index (κ2) is 14.8. The summed E-state index contributed by atoms with van der Waals surface area (Å²) in [5.41, 5.74) is 1.85. The van der Waals surface area contributed by atoms with Crippen molar-refractivity contribution in [3.63, 3.8) is 0 Å². The fourth-order valence-corrected chi connectivity index (χ4v) is 13.0. The van der Waals surface area contributed by atoms with Gasteiger partial charge in [-0.2, -0.15) is 5.26 Å². The Morgan fingerprint density at radius 1 is 0.939 bits per heavy atom. The first-order chi connectivity index (χ1) is 23.8. The molecular formula is C41H55N3O4S. The van der Waals surface area contributed by atoms with Crippen molar-refractivity contribution in [3.8, 4) is 6.07 Å². The van der Waals surface area contributed by atoms with Crippen LogP contribution in [0.1, 0.15) is 89.0 Å². The number of nitriles is 1. The minimum atomic E-state index is -3.24. The summed E-state index contributed by atoms with van der Waals surface area (Å²) >= 11 is 0. The molecule has 0 aromatic heterocycles. The standard InChI is InChI=1S/C41H55N3O4S/c1-48-40(45)13-6-5-8-32-9-7-12-38(32)41(29-42,34-10-3-2-4-11-34)35-20-22-43(23-21-35)26-31-27-44(28-31)36-16-18-37(19-17-36)49(46,47)39-25-30-14-15-33(39)24-30/h2-4,10-11,16-19,30-33,35,38-39H,5-9,12-15,20-28H2,1H3/t30?,32-,33?,38-,39?,41?/m0/s1. The lowest BCUT2D eigenvalue weighted by Gasteiger charge is -2.48. The summed E-state index contributed by atoms with van der Waals surface area (Å²) in [6.07, 6.45) is 13.2. The minimum absolute atomic E-state index is 0.132. The fourth-order valence-electron chi connectivity index (χ4n) is 10.9. The minimum Gasteiger partial charge on any atom is -0.469 e. The number of unbranched alkanes of at least 4 members (excludes halogenated alkanes) is 1. The number of carbonyl (C=O) groups is 1. The number of methoxy groups -OCH3 is 1. The molecule has 5 fully saturated rings. The molecule has 0 radical (unpaired) electrons. The highest BCUT2D eigenvalue weighted by Crippen LogP contribution is 2.53. The first kappa shape index (κ1) is 34.6. The number of ether oxygens (including phenoxy) is 1. The van der Waals surface area contributed by atoms with Crippen LogP contribution in [0.5, 0.6) is 0 Å². The van der Waals surface area contributed by atoms with Gasteiger partial charge in [-0.05, 0) is 117 Å². The first-order valence-corrected chi connectivity index (χ1v) is 20.7. The van der Waals surface area contributed by atoms with E-state index in [1.807, 2.05) is 24.3 Å². The zero-order valence-corrected chi connectivity index (χ0v) is 30.2. The molecule has 7 nitrogen and oxygen atoms in total. The molecule has 6 atom stereocenters. The largest absolute Gasteiger partial charge is 0.469 e. The molecule has 0 spiro atoms. The maximum absolute atomic E-state index is 13.4. The average molecular weight is 686 g/mol. The lowest BCUT2D eigenvalue weighted by atomic mass is 9.58. The van der Waals surface area contributed by atoms with Crippen LogP contribution in [0.15, 0.2) is 59.5 Å². The number of anilines is 1. The van der Waals surface area contributed by atoms with E-state index in [4.69, 9.17) is 4.74 Å². The van der Waals surface area contributed by atoms with Gasteiger partial charge in [-0.15, -0.1) is 0 Å². The average Bonchev–Trinajstić information content (AvgIpc) is 3.89. The third-order valence-electron chi connectivity index (χ3n) is 13.4. The predicted octanol–water partition coefficient (Wildman–Crippen LogP) is 7.41. The lowest BCUT2D eigenvalue weighted by molar-refractivity contribution is -0.140. The molecule has 5 aliphatic rings. The maximum Gasteiger partial charge on any atom is 0.305 e. The fraction of sp³-hybridized carbons (Fsp3) is 0.659. The van der Waals surface area contributed by atoms with Crippen LogP contribution >= 0.6 is 0 Å². The highest BCUT2D eigenvalue weighted by molar-refractivity contribution is 7.92. The van der Waals surface area contributed by atoms with Gasteiger partial charge in [-0.1, -0.05) is 62.4 Å². The molecule has 2 aromatic carbocycles. The number of carbonyl (C=O) groups excluding carboxylic acids is 1. The number of likely N-dealkylation sites (tertiary alicyclic amines) is 1. The molecule has 2 saturated heterocycles. The van der Waals surface area contributed by atoms with Crippen LogP contribution in [-0.2, 0) is 24.8 Å². The summed E-state index contributed by atoms with van der Waals surface area (Å²) in [7, 11) is -1.79. The van der Waals surface area contributed by atoms with Crippen LogP contribution in [0, 0.1) is 46.8 Å². The number of benzene rings is 2. The van der Waals surface area contributed by atoms with Gasteiger partial charge in [0.15, 0.2) is 9.84 Å². The number of sulfone groups is 1. The number of rotatable bonds is 13. The monoisotopic (exact) mass is 685 g/mol. The molecule has 8 heteroatoms. The summed E-state index contributed by atoms with van der Waals surface area (Å²) in [5, 5.41) is 10.9. The predicted molar refractivity (Wildman–Crippen MR) is 193 cm³/mol. The van der Waals surface area contributed by atoms with Gasteiger partial charge in [0.25, 0.3) is 0 Å². The molecule has 3 aliphatic carbocycles. The van der Waals surface area contributed by atoms with E-state index in [-0.39, 0.29) is 11.2 Å². The molecule has 7 rings (SSSR count). The Balaban J connectivity index is 0.934. The van der Waals surface area contributed by atoms with Gasteiger partial charge >= 0.3 is 5.97 Å². The summed E-state index contributed by atoms with van der Waals surface area (Å²) in [6, 6.07) is 21.4. The van der Waals surface area contributed by atoms with Crippen molar-refractivity contribution in [2.24, 2.45) is 35.5 Å². The van der Waals surface area contributed by atoms with Crippen LogP contribution in [-0.4, -0.2) is 64.4 Å². The zero-order valence-electron chi connectivity index (χ0n) is 29.3. The van der Waals surface area contributed by atoms with E-state index in [2.05, 4.69) is 46.2 Å². The zero-order chi connectivity index (χ0) is 34.0. The van der Waals surface area contributed by atoms with Gasteiger partial charge in [-0.3, -0.25) is 4.79 Å². The summed E-state index contributed by atoms with van der Waals surface area (Å²) < 4.78 is 31.6. The Labute approximate surface area is 294 Å². The van der Waals surface area contributed by atoms with Gasteiger partial charge in [0.2, 0.25) is 0 Å². The number of piperidine rings is 1. The molecule has 264 valence electrons. The molecule has 2 aliphatic heterocycles. The van der Waals surface area contributed by atoms with Crippen LogP contribution in [0.25, 0.3) is 0 Å². The number of esters is 1. The van der Waals surface area contributed by atoms with Crippen LogP contribution < -0.4 is 4.90 Å². The highest BCUT2D eigenvalue weighted by atomic mass is 32.2. The van der Waals surface area contributed by atoms with Crippen LogP contribution in [0.3, 0.4) is 0 Å². The van der Waals surface area contributed by atoms with E-state index < -0.39 is 15.3 Å². The van der Waals surface area contributed by atoms with Crippen molar-refractivity contribution in [2.45, 2.75) is 99.0 Å². The van der Waals surface area contributed by atoms with E-state index in [0.717, 1.165) is 96.2 Å². The summed E-state index contributed by atoms with van der Waals surface area (Å²) in [5.74, 6) is 2.66. The Bertz CT molecular complexity index is 1580. The quantitative estimate of drug-likeness (QED) is 0.160. The van der Waals surface area contributed by atoms with Crippen molar-refractivity contribution < 1.29 is 17.9 Å². The third kappa shape index (κ3) is 6.91. The topological polar surface area (TPSA) is 90.7 Å². The van der Waals surface area contributed by atoms with Gasteiger partial charge < -0.3 is 14.5 Å². The number of hydrogen-bond donors (Lipinski definition) is 0. The van der Waals surface area contributed by atoms with E-state index in [0.29, 0.717) is 46.8 Å². The SMILES string of the molecule is COC(=O)CCCC[C@H]1CCC[C@@H]1C(C#N)(c1ccccc1)C1CCN(CC2CN(c3ccc(S(=O)(=O)C4CC5CCC4C5)cc3)C2)CC1. The second-order valence-corrected chi connectivity index (χ2v) is 18.2. The Kier molecular flexibility index (Phi) is 10.4. The third-order valence-corrected chi connectivity index (χ3v) is 15.7. The molecule has 2 bridgehead atoms. The van der Waals surface area contributed by atoms with E-state index >= 15 is 0 Å². The Morgan fingerprint density at radius 2 is 1.69 bits per heavy atom. The molecule has 0 amide bonds. The van der Waals surface area contributed by atoms with Gasteiger partial charge in [0.1, 0.15) is 0 Å². The second-order valence-electron chi connectivity index (χ2n) is 16.1. The van der Waals surface area contributed by atoms with Gasteiger partial charge in [0.05, 0.1) is 28.7 Å². The summed E-state index contributed by atoms with van der Waals surface area (Å²) in [6.45, 7) is 5.15. The van der Waals surface area contributed by atoms with E-state index in [1.165, 1.54) is 31.9 Å². The van der Waals surface area contributed by atoms with Crippen molar-refractivity contribution in [1.82, 2.24) is 4.90 Å². The molecule has 3 saturated carbocycles. The molecule has 2 aromatic rings. The number of fused-ring (bicyclic) bond motifs is 2. The number of hydrogen-bond acceptors (Lipinski definition) is 7. The molecule has 49 heavy (non-hydrogen) atoms.